The highest BCUT2D eigenvalue weighted by atomic mass is 35.5. The molecular formula is C15H16Cl2N2O. The van der Waals surface area contributed by atoms with E-state index in [9.17, 15) is 5.11 Å². The van der Waals surface area contributed by atoms with Gasteiger partial charge in [0.1, 0.15) is 5.82 Å². The summed E-state index contributed by atoms with van der Waals surface area (Å²) < 4.78 is 0. The molecule has 1 aromatic carbocycles. The summed E-state index contributed by atoms with van der Waals surface area (Å²) in [5.74, 6) is 0.765. The molecule has 0 bridgehead atoms. The highest BCUT2D eigenvalue weighted by Crippen LogP contribution is 2.26. The Kier molecular flexibility index (Phi) is 4.86. The van der Waals surface area contributed by atoms with E-state index in [0.717, 1.165) is 16.4 Å². The molecule has 1 unspecified atom stereocenters. The minimum atomic E-state index is -0.171. The molecule has 0 fully saturated rings. The summed E-state index contributed by atoms with van der Waals surface area (Å²) in [6.07, 6.45) is 0. The first-order valence-electron chi connectivity index (χ1n) is 6.27. The Morgan fingerprint density at radius 1 is 1.15 bits per heavy atom. The number of nitrogens with zero attached hydrogens (tertiary/aromatic N) is 2. The van der Waals surface area contributed by atoms with Crippen molar-refractivity contribution in [2.45, 2.75) is 19.6 Å². The van der Waals surface area contributed by atoms with Gasteiger partial charge in [-0.05, 0) is 36.8 Å². The number of pyridine rings is 1. The first-order valence-corrected chi connectivity index (χ1v) is 7.03. The van der Waals surface area contributed by atoms with Crippen LogP contribution in [0, 0.1) is 0 Å². The van der Waals surface area contributed by atoms with Gasteiger partial charge in [0.2, 0.25) is 0 Å². The van der Waals surface area contributed by atoms with Crippen LogP contribution in [0.2, 0.25) is 10.0 Å². The Hall–Kier alpha value is -1.29. The Balaban J connectivity index is 2.26. The normalized spacial score (nSPS) is 12.2. The third-order valence-electron chi connectivity index (χ3n) is 3.35. The molecule has 1 aromatic heterocycles. The molecule has 0 amide bonds. The fourth-order valence-electron chi connectivity index (χ4n) is 1.94. The third kappa shape index (κ3) is 3.23. The van der Waals surface area contributed by atoms with Crippen molar-refractivity contribution in [2.75, 3.05) is 11.9 Å². The standard InChI is InChI=1S/C15H16Cl2N2O/c1-10(11-3-5-12(16)6-4-11)19(2)15-8-7-13(17)14(9-20)18-15/h3-8,10,20H,9H2,1-2H3. The van der Waals surface area contributed by atoms with Gasteiger partial charge in [0.15, 0.2) is 0 Å². The number of hydrogen-bond acceptors (Lipinski definition) is 3. The first kappa shape index (κ1) is 15.1. The van der Waals surface area contributed by atoms with Crippen LogP contribution >= 0.6 is 23.2 Å². The van der Waals surface area contributed by atoms with E-state index in [-0.39, 0.29) is 12.6 Å². The SMILES string of the molecule is CC(c1ccc(Cl)cc1)N(C)c1ccc(Cl)c(CO)n1. The van der Waals surface area contributed by atoms with Gasteiger partial charge in [0, 0.05) is 12.1 Å². The van der Waals surface area contributed by atoms with Gasteiger partial charge in [-0.25, -0.2) is 4.98 Å². The zero-order valence-electron chi connectivity index (χ0n) is 11.3. The van der Waals surface area contributed by atoms with E-state index in [0.29, 0.717) is 10.7 Å². The van der Waals surface area contributed by atoms with Crippen molar-refractivity contribution in [1.29, 1.82) is 0 Å². The highest BCUT2D eigenvalue weighted by Gasteiger charge is 2.14. The van der Waals surface area contributed by atoms with Crippen molar-refractivity contribution in [2.24, 2.45) is 0 Å². The zero-order valence-corrected chi connectivity index (χ0v) is 12.9. The van der Waals surface area contributed by atoms with E-state index in [1.165, 1.54) is 0 Å². The van der Waals surface area contributed by atoms with Crippen molar-refractivity contribution in [1.82, 2.24) is 4.98 Å². The lowest BCUT2D eigenvalue weighted by Crippen LogP contribution is -2.23. The molecule has 0 saturated carbocycles. The number of halogens is 2. The van der Waals surface area contributed by atoms with Crippen LogP contribution < -0.4 is 4.90 Å². The summed E-state index contributed by atoms with van der Waals surface area (Å²) in [6, 6.07) is 11.4. The molecule has 0 saturated heterocycles. The topological polar surface area (TPSA) is 36.4 Å². The molecule has 0 spiro atoms. The zero-order chi connectivity index (χ0) is 14.7. The summed E-state index contributed by atoms with van der Waals surface area (Å²) in [4.78, 5) is 6.40. The van der Waals surface area contributed by atoms with Crippen LogP contribution in [0.5, 0.6) is 0 Å². The van der Waals surface area contributed by atoms with Crippen LogP contribution in [0.4, 0.5) is 5.82 Å². The van der Waals surface area contributed by atoms with E-state index in [4.69, 9.17) is 23.2 Å². The second kappa shape index (κ2) is 6.44. The van der Waals surface area contributed by atoms with E-state index in [1.54, 1.807) is 6.07 Å². The van der Waals surface area contributed by atoms with Gasteiger partial charge in [-0.3, -0.25) is 0 Å². The van der Waals surface area contributed by atoms with E-state index in [1.807, 2.05) is 42.3 Å². The number of benzene rings is 1. The van der Waals surface area contributed by atoms with Crippen LogP contribution in [0.15, 0.2) is 36.4 Å². The maximum Gasteiger partial charge on any atom is 0.129 e. The molecule has 1 heterocycles. The lowest BCUT2D eigenvalue weighted by molar-refractivity contribution is 0.277. The number of aromatic nitrogens is 1. The Bertz CT molecular complexity index is 587. The van der Waals surface area contributed by atoms with Gasteiger partial charge in [-0.2, -0.15) is 0 Å². The van der Waals surface area contributed by atoms with Crippen molar-refractivity contribution < 1.29 is 5.11 Å². The fraction of sp³-hybridized carbons (Fsp3) is 0.267. The Morgan fingerprint density at radius 2 is 1.80 bits per heavy atom. The Labute approximate surface area is 128 Å². The maximum atomic E-state index is 9.23. The Morgan fingerprint density at radius 3 is 2.40 bits per heavy atom. The number of hydrogen-bond donors (Lipinski definition) is 1. The number of rotatable bonds is 4. The molecule has 1 N–H and O–H groups in total. The molecule has 2 aromatic rings. The van der Waals surface area contributed by atoms with Gasteiger partial charge < -0.3 is 10.0 Å². The molecular weight excluding hydrogens is 295 g/mol. The van der Waals surface area contributed by atoms with Crippen molar-refractivity contribution in [3.8, 4) is 0 Å². The molecule has 0 radical (unpaired) electrons. The molecule has 0 aliphatic rings. The smallest absolute Gasteiger partial charge is 0.129 e. The quantitative estimate of drug-likeness (QED) is 0.924. The molecule has 3 nitrogen and oxygen atoms in total. The minimum Gasteiger partial charge on any atom is -0.390 e. The average molecular weight is 311 g/mol. The highest BCUT2D eigenvalue weighted by molar-refractivity contribution is 6.31. The molecule has 0 aliphatic carbocycles. The van der Waals surface area contributed by atoms with Crippen LogP contribution in [-0.4, -0.2) is 17.1 Å². The van der Waals surface area contributed by atoms with Crippen molar-refractivity contribution >= 4 is 29.0 Å². The van der Waals surface area contributed by atoms with Gasteiger partial charge in [0.25, 0.3) is 0 Å². The molecule has 2 rings (SSSR count). The number of aliphatic hydroxyl groups excluding tert-OH is 1. The van der Waals surface area contributed by atoms with Crippen LogP contribution in [-0.2, 0) is 6.61 Å². The second-order valence-corrected chi connectivity index (χ2v) is 5.44. The minimum absolute atomic E-state index is 0.132. The molecule has 20 heavy (non-hydrogen) atoms. The molecule has 1 atom stereocenters. The van der Waals surface area contributed by atoms with Crippen LogP contribution in [0.3, 0.4) is 0 Å². The lowest BCUT2D eigenvalue weighted by atomic mass is 10.1. The van der Waals surface area contributed by atoms with Gasteiger partial charge in [-0.1, -0.05) is 35.3 Å². The number of aliphatic hydroxyl groups is 1. The number of anilines is 1. The maximum absolute atomic E-state index is 9.23. The summed E-state index contributed by atoms with van der Waals surface area (Å²) in [6.45, 7) is 1.91. The summed E-state index contributed by atoms with van der Waals surface area (Å²) >= 11 is 11.9. The molecule has 106 valence electrons. The predicted molar refractivity (Wildman–Crippen MR) is 83.4 cm³/mol. The predicted octanol–water partition coefficient (Wildman–Crippen LogP) is 4.08. The molecule has 5 heteroatoms. The van der Waals surface area contributed by atoms with Crippen molar-refractivity contribution in [3.05, 3.63) is 57.7 Å². The first-order chi connectivity index (χ1) is 9.52. The van der Waals surface area contributed by atoms with E-state index >= 15 is 0 Å². The molecule has 0 aliphatic heterocycles. The largest absolute Gasteiger partial charge is 0.390 e. The van der Waals surface area contributed by atoms with Gasteiger partial charge in [-0.15, -0.1) is 0 Å². The van der Waals surface area contributed by atoms with Crippen LogP contribution in [0.25, 0.3) is 0 Å². The van der Waals surface area contributed by atoms with Gasteiger partial charge in [0.05, 0.1) is 23.4 Å². The monoisotopic (exact) mass is 310 g/mol. The summed E-state index contributed by atoms with van der Waals surface area (Å²) in [5.41, 5.74) is 1.62. The lowest BCUT2D eigenvalue weighted by Gasteiger charge is -2.27. The summed E-state index contributed by atoms with van der Waals surface area (Å²) in [7, 11) is 1.96. The van der Waals surface area contributed by atoms with Gasteiger partial charge >= 0.3 is 0 Å². The average Bonchev–Trinajstić information content (AvgIpc) is 2.47. The van der Waals surface area contributed by atoms with Crippen molar-refractivity contribution in [3.63, 3.8) is 0 Å². The summed E-state index contributed by atoms with van der Waals surface area (Å²) in [5, 5.41) is 10.4. The van der Waals surface area contributed by atoms with Crippen LogP contribution in [0.1, 0.15) is 24.2 Å². The van der Waals surface area contributed by atoms with E-state index in [2.05, 4.69) is 11.9 Å². The van der Waals surface area contributed by atoms with E-state index < -0.39 is 0 Å². The second-order valence-electron chi connectivity index (χ2n) is 4.59. The third-order valence-corrected chi connectivity index (χ3v) is 3.94. The fourth-order valence-corrected chi connectivity index (χ4v) is 2.23.